The van der Waals surface area contributed by atoms with Crippen LogP contribution in [0, 0.1) is 17.8 Å². The minimum Gasteiger partial charge on any atom is -0.120 e. The lowest BCUT2D eigenvalue weighted by atomic mass is 9.80. The van der Waals surface area contributed by atoms with Gasteiger partial charge in [-0.3, -0.25) is 0 Å². The van der Waals surface area contributed by atoms with Gasteiger partial charge in [-0.2, -0.15) is 0 Å². The first-order chi connectivity index (χ1) is 5.79. The number of hydrogen-bond donors (Lipinski definition) is 0. The van der Waals surface area contributed by atoms with E-state index < -0.39 is 0 Å². The predicted octanol–water partition coefficient (Wildman–Crippen LogP) is 4.71. The molecular formula is C12H25Cl. The summed E-state index contributed by atoms with van der Waals surface area (Å²) >= 11 is 6.31. The lowest BCUT2D eigenvalue weighted by molar-refractivity contribution is 0.266. The lowest BCUT2D eigenvalue weighted by Gasteiger charge is -2.31. The van der Waals surface area contributed by atoms with Gasteiger partial charge < -0.3 is 0 Å². The van der Waals surface area contributed by atoms with E-state index in [1.807, 2.05) is 0 Å². The van der Waals surface area contributed by atoms with Gasteiger partial charge >= 0.3 is 0 Å². The third-order valence-electron chi connectivity index (χ3n) is 3.41. The number of alkyl halides is 1. The molecule has 0 bridgehead atoms. The largest absolute Gasteiger partial charge is 0.120 e. The van der Waals surface area contributed by atoms with Crippen LogP contribution in [0.5, 0.6) is 0 Å². The van der Waals surface area contributed by atoms with Crippen molar-refractivity contribution in [2.45, 2.75) is 59.3 Å². The van der Waals surface area contributed by atoms with Crippen molar-refractivity contribution in [1.82, 2.24) is 0 Å². The van der Waals surface area contributed by atoms with Gasteiger partial charge in [0.05, 0.1) is 0 Å². The van der Waals surface area contributed by atoms with E-state index in [0.29, 0.717) is 5.92 Å². The van der Waals surface area contributed by atoms with Crippen molar-refractivity contribution < 1.29 is 0 Å². The second-order valence-corrected chi connectivity index (χ2v) is 6.05. The van der Waals surface area contributed by atoms with Gasteiger partial charge in [0.1, 0.15) is 0 Å². The molecule has 0 aliphatic rings. The Morgan fingerprint density at radius 1 is 1.15 bits per heavy atom. The van der Waals surface area contributed by atoms with Gasteiger partial charge in [-0.05, 0) is 38.0 Å². The second-order valence-electron chi connectivity index (χ2n) is 5.08. The van der Waals surface area contributed by atoms with Crippen LogP contribution in [0.2, 0.25) is 0 Å². The summed E-state index contributed by atoms with van der Waals surface area (Å²) in [5.74, 6) is 2.14. The van der Waals surface area contributed by atoms with Gasteiger partial charge in [0.2, 0.25) is 0 Å². The molecule has 0 aliphatic carbocycles. The summed E-state index contributed by atoms with van der Waals surface area (Å²) in [5.41, 5.74) is 0. The third kappa shape index (κ3) is 4.90. The molecule has 0 nitrogen and oxygen atoms in total. The highest BCUT2D eigenvalue weighted by molar-refractivity contribution is 6.23. The molecule has 0 saturated carbocycles. The summed E-state index contributed by atoms with van der Waals surface area (Å²) in [6.45, 7) is 13.4. The number of halogens is 1. The summed E-state index contributed by atoms with van der Waals surface area (Å²) in [7, 11) is 0. The molecule has 0 aromatic carbocycles. The first-order valence-corrected chi connectivity index (χ1v) is 5.85. The van der Waals surface area contributed by atoms with E-state index in [1.54, 1.807) is 0 Å². The smallest absolute Gasteiger partial charge is 0.0418 e. The highest BCUT2D eigenvalue weighted by atomic mass is 35.5. The van der Waals surface area contributed by atoms with Crippen LogP contribution >= 0.6 is 11.6 Å². The van der Waals surface area contributed by atoms with Crippen molar-refractivity contribution in [2.75, 3.05) is 0 Å². The van der Waals surface area contributed by atoms with Crippen molar-refractivity contribution in [3.63, 3.8) is 0 Å². The van der Waals surface area contributed by atoms with Gasteiger partial charge in [-0.15, -0.1) is 11.6 Å². The van der Waals surface area contributed by atoms with Gasteiger partial charge in [0.25, 0.3) is 0 Å². The number of hydrogen-bond acceptors (Lipinski definition) is 0. The molecule has 0 aromatic heterocycles. The van der Waals surface area contributed by atoms with Crippen LogP contribution < -0.4 is 0 Å². The Bertz CT molecular complexity index is 135. The van der Waals surface area contributed by atoms with Crippen LogP contribution in [0.3, 0.4) is 0 Å². The van der Waals surface area contributed by atoms with E-state index in [1.165, 1.54) is 12.8 Å². The third-order valence-corrected chi connectivity index (χ3v) is 3.75. The molecule has 3 unspecified atom stereocenters. The van der Waals surface area contributed by atoms with Crippen molar-refractivity contribution in [2.24, 2.45) is 17.8 Å². The summed E-state index contributed by atoms with van der Waals surface area (Å²) in [6, 6.07) is 0. The first kappa shape index (κ1) is 13.3. The Hall–Kier alpha value is 0.290. The average Bonchev–Trinajstić information content (AvgIpc) is 2.01. The van der Waals surface area contributed by atoms with E-state index in [-0.39, 0.29) is 4.87 Å². The zero-order valence-corrected chi connectivity index (χ0v) is 10.8. The molecule has 0 aromatic rings. The normalized spacial score (nSPS) is 19.6. The molecule has 0 aliphatic heterocycles. The summed E-state index contributed by atoms with van der Waals surface area (Å²) in [4.78, 5) is -0.0626. The molecule has 0 saturated heterocycles. The van der Waals surface area contributed by atoms with E-state index in [9.17, 15) is 0 Å². The number of rotatable bonds is 5. The maximum absolute atomic E-state index is 6.31. The van der Waals surface area contributed by atoms with Crippen LogP contribution in [0.4, 0.5) is 0 Å². The Morgan fingerprint density at radius 3 is 1.92 bits per heavy atom. The van der Waals surface area contributed by atoms with Crippen LogP contribution in [-0.2, 0) is 0 Å². The SMILES string of the molecule is CCC(C)CC(C)C(C)C(C)(C)Cl. The van der Waals surface area contributed by atoms with E-state index >= 15 is 0 Å². The average molecular weight is 205 g/mol. The minimum atomic E-state index is -0.0626. The zero-order valence-electron chi connectivity index (χ0n) is 10.0. The van der Waals surface area contributed by atoms with E-state index in [0.717, 1.165) is 11.8 Å². The van der Waals surface area contributed by atoms with Gasteiger partial charge in [-0.25, -0.2) is 0 Å². The predicted molar refractivity (Wildman–Crippen MR) is 62.3 cm³/mol. The van der Waals surface area contributed by atoms with Gasteiger partial charge in [-0.1, -0.05) is 34.1 Å². The van der Waals surface area contributed by atoms with Crippen LogP contribution in [0.1, 0.15) is 54.4 Å². The van der Waals surface area contributed by atoms with Crippen molar-refractivity contribution in [3.05, 3.63) is 0 Å². The Kier molecular flexibility index (Phi) is 5.36. The van der Waals surface area contributed by atoms with Crippen LogP contribution in [-0.4, -0.2) is 4.87 Å². The molecule has 0 rings (SSSR count). The van der Waals surface area contributed by atoms with E-state index in [2.05, 4.69) is 41.5 Å². The topological polar surface area (TPSA) is 0 Å². The standard InChI is InChI=1S/C12H25Cl/c1-7-9(2)8-10(3)11(4)12(5,6)13/h9-11H,7-8H2,1-6H3. The Labute approximate surface area is 89.1 Å². The molecule has 1 heteroatoms. The van der Waals surface area contributed by atoms with Crippen LogP contribution in [0.15, 0.2) is 0 Å². The summed E-state index contributed by atoms with van der Waals surface area (Å²) in [6.07, 6.45) is 2.58. The maximum Gasteiger partial charge on any atom is 0.0418 e. The van der Waals surface area contributed by atoms with Crippen molar-refractivity contribution in [3.8, 4) is 0 Å². The fourth-order valence-electron chi connectivity index (χ4n) is 1.68. The van der Waals surface area contributed by atoms with Gasteiger partial charge in [0.15, 0.2) is 0 Å². The fourth-order valence-corrected chi connectivity index (χ4v) is 1.90. The van der Waals surface area contributed by atoms with Crippen molar-refractivity contribution in [1.29, 1.82) is 0 Å². The highest BCUT2D eigenvalue weighted by Crippen LogP contribution is 2.33. The van der Waals surface area contributed by atoms with E-state index in [4.69, 9.17) is 11.6 Å². The molecule has 13 heavy (non-hydrogen) atoms. The molecule has 0 amide bonds. The van der Waals surface area contributed by atoms with Gasteiger partial charge in [0, 0.05) is 4.87 Å². The summed E-state index contributed by atoms with van der Waals surface area (Å²) in [5, 5.41) is 0. The minimum absolute atomic E-state index is 0.0626. The molecule has 0 fully saturated rings. The molecule has 3 atom stereocenters. The molecule has 0 spiro atoms. The molecule has 0 heterocycles. The van der Waals surface area contributed by atoms with Crippen LogP contribution in [0.25, 0.3) is 0 Å². The maximum atomic E-state index is 6.31. The highest BCUT2D eigenvalue weighted by Gasteiger charge is 2.27. The van der Waals surface area contributed by atoms with Crippen molar-refractivity contribution >= 4 is 11.6 Å². The Morgan fingerprint density at radius 2 is 1.62 bits per heavy atom. The molecule has 0 radical (unpaired) electrons. The molecular weight excluding hydrogens is 180 g/mol. The molecule has 80 valence electrons. The fraction of sp³-hybridized carbons (Fsp3) is 1.00. The quantitative estimate of drug-likeness (QED) is 0.569. The summed E-state index contributed by atoms with van der Waals surface area (Å²) < 4.78 is 0. The molecule has 0 N–H and O–H groups in total. The Balaban J connectivity index is 4.03. The lowest BCUT2D eigenvalue weighted by Crippen LogP contribution is -2.28. The second kappa shape index (κ2) is 5.24. The monoisotopic (exact) mass is 204 g/mol. The zero-order chi connectivity index (χ0) is 10.6. The first-order valence-electron chi connectivity index (χ1n) is 5.47.